The van der Waals surface area contributed by atoms with E-state index in [-0.39, 0.29) is 24.4 Å². The quantitative estimate of drug-likeness (QED) is 0.903. The fraction of sp³-hybridized carbons (Fsp3) is 0.400. The van der Waals surface area contributed by atoms with Crippen molar-refractivity contribution in [1.82, 2.24) is 20.8 Å². The normalized spacial score (nSPS) is 21.0. The Morgan fingerprint density at radius 3 is 2.77 bits per heavy atom. The van der Waals surface area contributed by atoms with Crippen LogP contribution in [0.2, 0.25) is 0 Å². The molecule has 1 aromatic carbocycles. The summed E-state index contributed by atoms with van der Waals surface area (Å²) >= 11 is 0. The maximum Gasteiger partial charge on any atom is 0.251 e. The van der Waals surface area contributed by atoms with Gasteiger partial charge in [0.15, 0.2) is 0 Å². The van der Waals surface area contributed by atoms with E-state index in [1.165, 1.54) is 6.39 Å². The van der Waals surface area contributed by atoms with Crippen LogP contribution in [-0.4, -0.2) is 34.7 Å². The smallest absolute Gasteiger partial charge is 0.251 e. The third-order valence-corrected chi connectivity index (χ3v) is 3.73. The van der Waals surface area contributed by atoms with Gasteiger partial charge in [-0.1, -0.05) is 17.3 Å². The van der Waals surface area contributed by atoms with Crippen molar-refractivity contribution in [3.05, 3.63) is 36.2 Å². The Labute approximate surface area is 135 Å². The number of piperidine rings is 1. The summed E-state index contributed by atoms with van der Waals surface area (Å²) in [5.74, 6) is 0.489. The highest BCUT2D eigenvalue weighted by Gasteiger charge is 2.20. The van der Waals surface area contributed by atoms with Crippen molar-refractivity contribution in [2.45, 2.75) is 31.8 Å². The standard InChI is InChI=1S/C15H18N4O2.ClH/c1-10-8-13(6-7-16-10)18-15(20)12-4-2-11(3-5-12)14-17-9-21-19-14;/h2-5,9-10,13,16H,6-8H2,1H3,(H,18,20);1H. The molecule has 1 fully saturated rings. The third kappa shape index (κ3) is 3.84. The van der Waals surface area contributed by atoms with Crippen molar-refractivity contribution in [2.24, 2.45) is 0 Å². The van der Waals surface area contributed by atoms with Gasteiger partial charge in [-0.25, -0.2) is 0 Å². The minimum Gasteiger partial charge on any atom is -0.349 e. The summed E-state index contributed by atoms with van der Waals surface area (Å²) in [4.78, 5) is 16.2. The van der Waals surface area contributed by atoms with Gasteiger partial charge in [0.2, 0.25) is 12.2 Å². The number of benzene rings is 1. The first-order valence-corrected chi connectivity index (χ1v) is 7.13. The van der Waals surface area contributed by atoms with Gasteiger partial charge in [0.1, 0.15) is 0 Å². The molecule has 118 valence electrons. The van der Waals surface area contributed by atoms with Gasteiger partial charge in [0, 0.05) is 23.2 Å². The van der Waals surface area contributed by atoms with Crippen LogP contribution in [0.4, 0.5) is 0 Å². The molecule has 22 heavy (non-hydrogen) atoms. The number of nitrogens with one attached hydrogen (secondary N) is 2. The van der Waals surface area contributed by atoms with Crippen molar-refractivity contribution in [3.63, 3.8) is 0 Å². The molecule has 0 aliphatic carbocycles. The fourth-order valence-corrected chi connectivity index (χ4v) is 2.60. The fourth-order valence-electron chi connectivity index (χ4n) is 2.60. The highest BCUT2D eigenvalue weighted by Crippen LogP contribution is 2.15. The van der Waals surface area contributed by atoms with Crippen molar-refractivity contribution < 1.29 is 9.32 Å². The number of amides is 1. The van der Waals surface area contributed by atoms with Gasteiger partial charge in [-0.15, -0.1) is 12.4 Å². The van der Waals surface area contributed by atoms with Crippen LogP contribution in [0, 0.1) is 0 Å². The van der Waals surface area contributed by atoms with E-state index < -0.39 is 0 Å². The summed E-state index contributed by atoms with van der Waals surface area (Å²) < 4.78 is 4.71. The van der Waals surface area contributed by atoms with Crippen LogP contribution in [0.1, 0.15) is 30.1 Å². The van der Waals surface area contributed by atoms with E-state index >= 15 is 0 Å². The second-order valence-corrected chi connectivity index (χ2v) is 5.38. The van der Waals surface area contributed by atoms with Crippen molar-refractivity contribution >= 4 is 18.3 Å². The third-order valence-electron chi connectivity index (χ3n) is 3.73. The second kappa shape index (κ2) is 7.38. The molecule has 2 atom stereocenters. The average molecular weight is 323 g/mol. The molecule has 3 rings (SSSR count). The van der Waals surface area contributed by atoms with Gasteiger partial charge in [-0.3, -0.25) is 4.79 Å². The molecule has 1 saturated heterocycles. The lowest BCUT2D eigenvalue weighted by molar-refractivity contribution is 0.0925. The first kappa shape index (κ1) is 16.5. The van der Waals surface area contributed by atoms with Gasteiger partial charge < -0.3 is 15.2 Å². The van der Waals surface area contributed by atoms with E-state index in [0.717, 1.165) is 24.9 Å². The lowest BCUT2D eigenvalue weighted by Gasteiger charge is -2.28. The van der Waals surface area contributed by atoms with Gasteiger partial charge in [0.05, 0.1) is 0 Å². The zero-order chi connectivity index (χ0) is 14.7. The Kier molecular flexibility index (Phi) is 5.51. The number of hydrogen-bond acceptors (Lipinski definition) is 5. The molecule has 1 amide bonds. The molecule has 0 saturated carbocycles. The number of nitrogens with zero attached hydrogens (tertiary/aromatic N) is 2. The predicted octanol–water partition coefficient (Wildman–Crippen LogP) is 2.03. The van der Waals surface area contributed by atoms with Gasteiger partial charge in [-0.05, 0) is 38.4 Å². The van der Waals surface area contributed by atoms with Crippen LogP contribution in [0.25, 0.3) is 11.4 Å². The SMILES string of the molecule is CC1CC(NC(=O)c2ccc(-c3ncon3)cc2)CCN1.Cl. The van der Waals surface area contributed by atoms with E-state index in [1.54, 1.807) is 12.1 Å². The van der Waals surface area contributed by atoms with E-state index in [0.29, 0.717) is 17.4 Å². The zero-order valence-corrected chi connectivity index (χ0v) is 13.1. The summed E-state index contributed by atoms with van der Waals surface area (Å²) in [5.41, 5.74) is 1.48. The Hall–Kier alpha value is -1.92. The lowest BCUT2D eigenvalue weighted by atomic mass is 10.00. The molecule has 1 aliphatic heterocycles. The van der Waals surface area contributed by atoms with E-state index in [2.05, 4.69) is 27.7 Å². The molecule has 2 heterocycles. The number of aromatic nitrogens is 2. The number of halogens is 1. The van der Waals surface area contributed by atoms with Crippen LogP contribution >= 0.6 is 12.4 Å². The molecule has 0 radical (unpaired) electrons. The Bertz CT molecular complexity index is 601. The largest absolute Gasteiger partial charge is 0.349 e. The van der Waals surface area contributed by atoms with Crippen molar-refractivity contribution in [1.29, 1.82) is 0 Å². The summed E-state index contributed by atoms with van der Waals surface area (Å²) in [5, 5.41) is 10.2. The first-order chi connectivity index (χ1) is 10.2. The second-order valence-electron chi connectivity index (χ2n) is 5.38. The maximum atomic E-state index is 12.2. The molecule has 2 N–H and O–H groups in total. The summed E-state index contributed by atoms with van der Waals surface area (Å²) in [7, 11) is 0. The molecular formula is C15H19ClN4O2. The molecule has 0 bridgehead atoms. The minimum atomic E-state index is -0.0336. The van der Waals surface area contributed by atoms with E-state index in [1.807, 2.05) is 12.1 Å². The minimum absolute atomic E-state index is 0. The maximum absolute atomic E-state index is 12.2. The lowest BCUT2D eigenvalue weighted by Crippen LogP contribution is -2.46. The van der Waals surface area contributed by atoms with Crippen LogP contribution in [0.15, 0.2) is 35.2 Å². The Balaban J connectivity index is 0.00000176. The molecule has 7 heteroatoms. The van der Waals surface area contributed by atoms with Crippen LogP contribution in [0.5, 0.6) is 0 Å². The highest BCUT2D eigenvalue weighted by atomic mass is 35.5. The monoisotopic (exact) mass is 322 g/mol. The Morgan fingerprint density at radius 2 is 2.14 bits per heavy atom. The average Bonchev–Trinajstić information content (AvgIpc) is 3.01. The molecule has 6 nitrogen and oxygen atoms in total. The molecule has 1 aliphatic rings. The number of carbonyl (C=O) groups is 1. The van der Waals surface area contributed by atoms with Gasteiger partial charge >= 0.3 is 0 Å². The molecule has 0 spiro atoms. The zero-order valence-electron chi connectivity index (χ0n) is 12.3. The topological polar surface area (TPSA) is 80.1 Å². The first-order valence-electron chi connectivity index (χ1n) is 7.13. The van der Waals surface area contributed by atoms with Gasteiger partial charge in [-0.2, -0.15) is 4.98 Å². The van der Waals surface area contributed by atoms with Crippen LogP contribution in [0.3, 0.4) is 0 Å². The van der Waals surface area contributed by atoms with Crippen molar-refractivity contribution in [3.8, 4) is 11.4 Å². The summed E-state index contributed by atoms with van der Waals surface area (Å²) in [6, 6.07) is 7.91. The Morgan fingerprint density at radius 1 is 1.36 bits per heavy atom. The van der Waals surface area contributed by atoms with E-state index in [4.69, 9.17) is 4.52 Å². The highest BCUT2D eigenvalue weighted by molar-refractivity contribution is 5.94. The molecule has 1 aromatic heterocycles. The predicted molar refractivity (Wildman–Crippen MR) is 84.9 cm³/mol. The number of carbonyl (C=O) groups excluding carboxylic acids is 1. The number of hydrogen-bond donors (Lipinski definition) is 2. The van der Waals surface area contributed by atoms with Crippen LogP contribution in [-0.2, 0) is 0 Å². The number of rotatable bonds is 3. The summed E-state index contributed by atoms with van der Waals surface area (Å²) in [6.45, 7) is 3.08. The van der Waals surface area contributed by atoms with Gasteiger partial charge in [0.25, 0.3) is 5.91 Å². The van der Waals surface area contributed by atoms with Crippen molar-refractivity contribution in [2.75, 3.05) is 6.54 Å². The summed E-state index contributed by atoms with van der Waals surface area (Å²) in [6.07, 6.45) is 3.22. The molecular weight excluding hydrogens is 304 g/mol. The molecule has 2 aromatic rings. The molecule has 2 unspecified atom stereocenters. The van der Waals surface area contributed by atoms with Crippen LogP contribution < -0.4 is 10.6 Å². The van der Waals surface area contributed by atoms with E-state index in [9.17, 15) is 4.79 Å².